The van der Waals surface area contributed by atoms with E-state index in [1.54, 1.807) is 28.4 Å². The Hall–Kier alpha value is -4.18. The minimum Gasteiger partial charge on any atom is -0.493 e. The minimum atomic E-state index is 0.664. The van der Waals surface area contributed by atoms with E-state index in [-0.39, 0.29) is 0 Å². The molecular formula is C30H28O4. The number of methoxy groups -OCH3 is 4. The van der Waals surface area contributed by atoms with Crippen molar-refractivity contribution in [1.29, 1.82) is 0 Å². The molecule has 0 saturated carbocycles. The largest absolute Gasteiger partial charge is 0.493 e. The van der Waals surface area contributed by atoms with Crippen molar-refractivity contribution in [3.05, 3.63) is 84.9 Å². The summed E-state index contributed by atoms with van der Waals surface area (Å²) in [5, 5.41) is 2.22. The number of ether oxygens (including phenoxy) is 4. The molecule has 0 radical (unpaired) electrons. The van der Waals surface area contributed by atoms with Crippen LogP contribution in [0.4, 0.5) is 0 Å². The van der Waals surface area contributed by atoms with E-state index < -0.39 is 0 Å². The van der Waals surface area contributed by atoms with E-state index >= 15 is 0 Å². The molecule has 0 atom stereocenters. The average Bonchev–Trinajstić information content (AvgIpc) is 2.90. The van der Waals surface area contributed by atoms with Crippen molar-refractivity contribution in [3.8, 4) is 45.3 Å². The quantitative estimate of drug-likeness (QED) is 0.277. The molecule has 0 spiro atoms. The molecule has 4 rings (SSSR count). The van der Waals surface area contributed by atoms with Gasteiger partial charge in [0.05, 0.1) is 28.4 Å². The van der Waals surface area contributed by atoms with Gasteiger partial charge in [0.15, 0.2) is 23.0 Å². The fraction of sp³-hybridized carbons (Fsp3) is 0.133. The molecule has 0 aromatic heterocycles. The van der Waals surface area contributed by atoms with Gasteiger partial charge in [0.2, 0.25) is 0 Å². The lowest BCUT2D eigenvalue weighted by atomic mass is 9.88. The van der Waals surface area contributed by atoms with E-state index in [2.05, 4.69) is 37.4 Å². The molecule has 0 saturated heterocycles. The van der Waals surface area contributed by atoms with E-state index in [9.17, 15) is 0 Å². The Labute approximate surface area is 200 Å². The van der Waals surface area contributed by atoms with Gasteiger partial charge in [-0.2, -0.15) is 0 Å². The van der Waals surface area contributed by atoms with E-state index in [1.165, 1.54) is 0 Å². The van der Waals surface area contributed by atoms with Crippen LogP contribution in [-0.2, 0) is 0 Å². The summed E-state index contributed by atoms with van der Waals surface area (Å²) in [5.74, 6) is 2.67. The Kier molecular flexibility index (Phi) is 6.60. The maximum Gasteiger partial charge on any atom is 0.168 e. The first-order chi connectivity index (χ1) is 16.6. The van der Waals surface area contributed by atoms with Crippen molar-refractivity contribution in [2.75, 3.05) is 28.4 Å². The topological polar surface area (TPSA) is 36.9 Å². The molecule has 0 bridgehead atoms. The van der Waals surface area contributed by atoms with Crippen molar-refractivity contribution >= 4 is 22.9 Å². The summed E-state index contributed by atoms with van der Waals surface area (Å²) in [6, 6.07) is 20.6. The number of hydrogen-bond acceptors (Lipinski definition) is 4. The van der Waals surface area contributed by atoms with Crippen LogP contribution >= 0.6 is 0 Å². The normalized spacial score (nSPS) is 10.6. The second-order valence-corrected chi connectivity index (χ2v) is 7.64. The first kappa shape index (κ1) is 23.0. The Bertz CT molecular complexity index is 1280. The predicted octanol–water partition coefficient (Wildman–Crippen LogP) is 7.49. The highest BCUT2D eigenvalue weighted by Crippen LogP contribution is 2.45. The zero-order valence-electron chi connectivity index (χ0n) is 20.0. The van der Waals surface area contributed by atoms with Gasteiger partial charge >= 0.3 is 0 Å². The van der Waals surface area contributed by atoms with Crippen molar-refractivity contribution in [3.63, 3.8) is 0 Å². The molecule has 0 amide bonds. The van der Waals surface area contributed by atoms with E-state index in [0.29, 0.717) is 23.0 Å². The molecule has 4 nitrogen and oxygen atoms in total. The van der Waals surface area contributed by atoms with E-state index in [4.69, 9.17) is 18.9 Å². The van der Waals surface area contributed by atoms with E-state index in [1.807, 2.05) is 48.6 Å². The second kappa shape index (κ2) is 9.75. The van der Waals surface area contributed by atoms with Gasteiger partial charge in [-0.3, -0.25) is 0 Å². The number of benzene rings is 4. The van der Waals surface area contributed by atoms with Crippen LogP contribution in [0.2, 0.25) is 0 Å². The van der Waals surface area contributed by atoms with Crippen LogP contribution in [-0.4, -0.2) is 28.4 Å². The fourth-order valence-corrected chi connectivity index (χ4v) is 4.55. The number of rotatable bonds is 8. The molecule has 0 fully saturated rings. The molecule has 4 aromatic carbocycles. The standard InChI is InChI=1S/C30H28O4/c1-7-19-23(15-17-27(31-3)29(19)33-5)25-13-14-26(22-12-10-9-11-21(22)25)24-16-18-28(32-4)30(34-6)20(24)8-2/h7-18H,1-2H2,3-6H3. The zero-order chi connectivity index (χ0) is 24.2. The Morgan fingerprint density at radius 2 is 0.882 bits per heavy atom. The first-order valence-electron chi connectivity index (χ1n) is 10.9. The van der Waals surface area contributed by atoms with E-state index in [0.717, 1.165) is 44.2 Å². The van der Waals surface area contributed by atoms with Gasteiger partial charge in [-0.05, 0) is 57.3 Å². The highest BCUT2D eigenvalue weighted by Gasteiger charge is 2.19. The maximum atomic E-state index is 5.67. The van der Waals surface area contributed by atoms with Crippen molar-refractivity contribution in [1.82, 2.24) is 0 Å². The SMILES string of the molecule is C=Cc1c(-c2ccc(-c3ccc(OC)c(OC)c3C=C)c3ccccc23)ccc(OC)c1OC. The Morgan fingerprint density at radius 3 is 1.21 bits per heavy atom. The molecule has 4 aromatic rings. The summed E-state index contributed by atoms with van der Waals surface area (Å²) in [6.07, 6.45) is 3.62. The van der Waals surface area contributed by atoms with Crippen LogP contribution in [0.3, 0.4) is 0 Å². The van der Waals surface area contributed by atoms with Gasteiger partial charge in [-0.15, -0.1) is 0 Å². The van der Waals surface area contributed by atoms with Crippen molar-refractivity contribution < 1.29 is 18.9 Å². The van der Waals surface area contributed by atoms with Gasteiger partial charge in [-0.25, -0.2) is 0 Å². The molecule has 0 aliphatic heterocycles. The molecule has 0 heterocycles. The summed E-state index contributed by atoms with van der Waals surface area (Å²) in [5.41, 5.74) is 5.97. The smallest absolute Gasteiger partial charge is 0.168 e. The number of fused-ring (bicyclic) bond motifs is 1. The third-order valence-electron chi connectivity index (χ3n) is 6.08. The van der Waals surface area contributed by atoms with Crippen LogP contribution in [0.25, 0.3) is 45.2 Å². The second-order valence-electron chi connectivity index (χ2n) is 7.64. The lowest BCUT2D eigenvalue weighted by molar-refractivity contribution is 0.354. The van der Waals surface area contributed by atoms with Gasteiger partial charge in [-0.1, -0.05) is 61.7 Å². The lowest BCUT2D eigenvalue weighted by Crippen LogP contribution is -1.97. The molecule has 0 N–H and O–H groups in total. The minimum absolute atomic E-state index is 0.664. The third kappa shape index (κ3) is 3.67. The molecular weight excluding hydrogens is 424 g/mol. The van der Waals surface area contributed by atoms with Crippen molar-refractivity contribution in [2.45, 2.75) is 0 Å². The lowest BCUT2D eigenvalue weighted by Gasteiger charge is -2.19. The first-order valence-corrected chi connectivity index (χ1v) is 10.9. The van der Waals surface area contributed by atoms with Gasteiger partial charge < -0.3 is 18.9 Å². The van der Waals surface area contributed by atoms with Crippen LogP contribution in [0, 0.1) is 0 Å². The molecule has 0 aliphatic carbocycles. The predicted molar refractivity (Wildman–Crippen MR) is 141 cm³/mol. The summed E-state index contributed by atoms with van der Waals surface area (Å²) >= 11 is 0. The van der Waals surface area contributed by atoms with Gasteiger partial charge in [0.25, 0.3) is 0 Å². The number of hydrogen-bond donors (Lipinski definition) is 0. The highest BCUT2D eigenvalue weighted by atomic mass is 16.5. The fourth-order valence-electron chi connectivity index (χ4n) is 4.55. The van der Waals surface area contributed by atoms with Crippen LogP contribution in [0.1, 0.15) is 11.1 Å². The summed E-state index contributed by atoms with van der Waals surface area (Å²) in [6.45, 7) is 8.06. The molecule has 172 valence electrons. The highest BCUT2D eigenvalue weighted by molar-refractivity contribution is 6.07. The van der Waals surface area contributed by atoms with Crippen LogP contribution < -0.4 is 18.9 Å². The van der Waals surface area contributed by atoms with Crippen molar-refractivity contribution in [2.24, 2.45) is 0 Å². The zero-order valence-corrected chi connectivity index (χ0v) is 20.0. The third-order valence-corrected chi connectivity index (χ3v) is 6.08. The average molecular weight is 453 g/mol. The summed E-state index contributed by atoms with van der Waals surface area (Å²) in [4.78, 5) is 0. The molecule has 34 heavy (non-hydrogen) atoms. The molecule has 0 unspecified atom stereocenters. The summed E-state index contributed by atoms with van der Waals surface area (Å²) in [7, 11) is 6.55. The molecule has 4 heteroatoms. The summed E-state index contributed by atoms with van der Waals surface area (Å²) < 4.78 is 22.3. The van der Waals surface area contributed by atoms with Gasteiger partial charge in [0.1, 0.15) is 0 Å². The monoisotopic (exact) mass is 452 g/mol. The van der Waals surface area contributed by atoms with Crippen LogP contribution in [0.15, 0.2) is 73.8 Å². The maximum absolute atomic E-state index is 5.67. The van der Waals surface area contributed by atoms with Gasteiger partial charge in [0, 0.05) is 11.1 Å². The Balaban J connectivity index is 2.02. The van der Waals surface area contributed by atoms with Crippen LogP contribution in [0.5, 0.6) is 23.0 Å². The Morgan fingerprint density at radius 1 is 0.500 bits per heavy atom. The molecule has 0 aliphatic rings.